The third-order valence-corrected chi connectivity index (χ3v) is 5.32. The van der Waals surface area contributed by atoms with Crippen LogP contribution in [0, 0.1) is 5.92 Å². The molecule has 0 bridgehead atoms. The van der Waals surface area contributed by atoms with Gasteiger partial charge in [-0.1, -0.05) is 26.0 Å². The summed E-state index contributed by atoms with van der Waals surface area (Å²) < 4.78 is 0. The van der Waals surface area contributed by atoms with Crippen LogP contribution in [0.2, 0.25) is 0 Å². The number of rotatable bonds is 10. The van der Waals surface area contributed by atoms with E-state index in [-0.39, 0.29) is 36.5 Å². The van der Waals surface area contributed by atoms with E-state index < -0.39 is 0 Å². The van der Waals surface area contributed by atoms with Crippen molar-refractivity contribution in [2.24, 2.45) is 11.7 Å². The van der Waals surface area contributed by atoms with E-state index in [1.807, 2.05) is 43.0 Å². The molecular weight excluding hydrogens is 368 g/mol. The lowest BCUT2D eigenvalue weighted by molar-refractivity contribution is -0.133. The van der Waals surface area contributed by atoms with Gasteiger partial charge in [0.05, 0.1) is 11.4 Å². The Labute approximate surface area is 173 Å². The highest BCUT2D eigenvalue weighted by Crippen LogP contribution is 2.30. The monoisotopic (exact) mass is 402 g/mol. The van der Waals surface area contributed by atoms with Gasteiger partial charge in [-0.2, -0.15) is 0 Å². The number of piperidine rings is 1. The van der Waals surface area contributed by atoms with E-state index in [2.05, 4.69) is 10.2 Å². The fourth-order valence-electron chi connectivity index (χ4n) is 3.75. The van der Waals surface area contributed by atoms with Crippen LogP contribution in [0.3, 0.4) is 0 Å². The molecule has 0 spiro atoms. The number of nitrogens with one attached hydrogen (secondary N) is 1. The van der Waals surface area contributed by atoms with Crippen LogP contribution in [0.4, 0.5) is 11.4 Å². The van der Waals surface area contributed by atoms with Crippen LogP contribution in [0.5, 0.6) is 0 Å². The topological polar surface area (TPSA) is 95.7 Å². The van der Waals surface area contributed by atoms with Gasteiger partial charge in [0, 0.05) is 44.9 Å². The molecule has 7 nitrogen and oxygen atoms in total. The Morgan fingerprint density at radius 2 is 1.69 bits per heavy atom. The second-order valence-electron chi connectivity index (χ2n) is 7.61. The van der Waals surface area contributed by atoms with E-state index >= 15 is 0 Å². The number of amides is 3. The van der Waals surface area contributed by atoms with Crippen LogP contribution in [0.1, 0.15) is 52.4 Å². The summed E-state index contributed by atoms with van der Waals surface area (Å²) in [6, 6.07) is 7.65. The van der Waals surface area contributed by atoms with Crippen molar-refractivity contribution in [3.63, 3.8) is 0 Å². The zero-order chi connectivity index (χ0) is 21.2. The SMILES string of the molecule is CCCN(CCC)C(=O)CCC(=O)Nc1ccccc1N1CCC(C(N)=O)CC1. The Hall–Kier alpha value is -2.57. The average Bonchev–Trinajstić information content (AvgIpc) is 2.72. The Morgan fingerprint density at radius 3 is 2.28 bits per heavy atom. The number of anilines is 2. The molecule has 0 aromatic heterocycles. The van der Waals surface area contributed by atoms with Gasteiger partial charge in [-0.05, 0) is 37.8 Å². The van der Waals surface area contributed by atoms with Gasteiger partial charge in [-0.15, -0.1) is 0 Å². The zero-order valence-corrected chi connectivity index (χ0v) is 17.7. The first-order valence-corrected chi connectivity index (χ1v) is 10.7. The summed E-state index contributed by atoms with van der Waals surface area (Å²) in [6.07, 6.45) is 3.65. The normalized spacial score (nSPS) is 14.5. The van der Waals surface area contributed by atoms with Crippen molar-refractivity contribution in [3.8, 4) is 0 Å². The number of carbonyl (C=O) groups is 3. The second kappa shape index (κ2) is 11.4. The minimum atomic E-state index is -0.240. The third kappa shape index (κ3) is 6.76. The largest absolute Gasteiger partial charge is 0.370 e. The van der Waals surface area contributed by atoms with Crippen molar-refractivity contribution in [3.05, 3.63) is 24.3 Å². The molecule has 29 heavy (non-hydrogen) atoms. The molecule has 0 atom stereocenters. The Morgan fingerprint density at radius 1 is 1.07 bits per heavy atom. The molecule has 1 aromatic rings. The molecule has 2 rings (SSSR count). The van der Waals surface area contributed by atoms with Gasteiger partial charge in [0.2, 0.25) is 17.7 Å². The molecule has 1 aliphatic heterocycles. The standard InChI is InChI=1S/C22H34N4O3/c1-3-13-26(14-4-2)21(28)10-9-20(27)24-18-7-5-6-8-19(18)25-15-11-17(12-16-25)22(23)29/h5-8,17H,3-4,9-16H2,1-2H3,(H2,23,29)(H,24,27). The highest BCUT2D eigenvalue weighted by Gasteiger charge is 2.24. The molecule has 1 fully saturated rings. The molecule has 7 heteroatoms. The molecule has 160 valence electrons. The van der Waals surface area contributed by atoms with Crippen LogP contribution in [0.15, 0.2) is 24.3 Å². The number of nitrogens with two attached hydrogens (primary N) is 1. The highest BCUT2D eigenvalue weighted by atomic mass is 16.2. The predicted octanol–water partition coefficient (Wildman–Crippen LogP) is 2.76. The lowest BCUT2D eigenvalue weighted by atomic mass is 9.96. The van der Waals surface area contributed by atoms with Gasteiger partial charge in [0.15, 0.2) is 0 Å². The fraction of sp³-hybridized carbons (Fsp3) is 0.591. The summed E-state index contributed by atoms with van der Waals surface area (Å²) >= 11 is 0. The smallest absolute Gasteiger partial charge is 0.224 e. The minimum Gasteiger partial charge on any atom is -0.370 e. The van der Waals surface area contributed by atoms with Crippen LogP contribution >= 0.6 is 0 Å². The molecule has 1 aromatic carbocycles. The predicted molar refractivity (Wildman–Crippen MR) is 116 cm³/mol. The second-order valence-corrected chi connectivity index (χ2v) is 7.61. The quantitative estimate of drug-likeness (QED) is 0.629. The molecule has 0 aliphatic carbocycles. The minimum absolute atomic E-state index is 0.0330. The van der Waals surface area contributed by atoms with Crippen molar-refractivity contribution >= 4 is 29.1 Å². The van der Waals surface area contributed by atoms with Crippen molar-refractivity contribution in [1.29, 1.82) is 0 Å². The first-order chi connectivity index (χ1) is 14.0. The van der Waals surface area contributed by atoms with Gasteiger partial charge >= 0.3 is 0 Å². The van der Waals surface area contributed by atoms with E-state index in [0.717, 1.165) is 63.2 Å². The summed E-state index contributed by atoms with van der Waals surface area (Å²) in [5.74, 6) is -0.444. The highest BCUT2D eigenvalue weighted by molar-refractivity contribution is 5.96. The van der Waals surface area contributed by atoms with Crippen LogP contribution < -0.4 is 16.0 Å². The maximum Gasteiger partial charge on any atom is 0.224 e. The van der Waals surface area contributed by atoms with Crippen LogP contribution in [0.25, 0.3) is 0 Å². The number of hydrogen-bond acceptors (Lipinski definition) is 4. The number of carbonyl (C=O) groups excluding carboxylic acids is 3. The maximum atomic E-state index is 12.5. The first-order valence-electron chi connectivity index (χ1n) is 10.7. The van der Waals surface area contributed by atoms with Crippen LogP contribution in [-0.4, -0.2) is 48.8 Å². The number of nitrogens with zero attached hydrogens (tertiary/aromatic N) is 2. The van der Waals surface area contributed by atoms with E-state index in [0.29, 0.717) is 0 Å². The molecule has 0 radical (unpaired) electrons. The summed E-state index contributed by atoms with van der Waals surface area (Å²) in [4.78, 5) is 40.2. The molecule has 3 amide bonds. The van der Waals surface area contributed by atoms with Gasteiger partial charge in [-0.25, -0.2) is 0 Å². The maximum absolute atomic E-state index is 12.5. The van der Waals surface area contributed by atoms with Crippen molar-refractivity contribution in [2.75, 3.05) is 36.4 Å². The van der Waals surface area contributed by atoms with Crippen molar-refractivity contribution in [2.45, 2.75) is 52.4 Å². The summed E-state index contributed by atoms with van der Waals surface area (Å²) in [5, 5.41) is 2.96. The third-order valence-electron chi connectivity index (χ3n) is 5.32. The van der Waals surface area contributed by atoms with E-state index in [1.165, 1.54) is 0 Å². The molecule has 1 saturated heterocycles. The number of para-hydroxylation sites is 2. The molecule has 0 saturated carbocycles. The fourth-order valence-corrected chi connectivity index (χ4v) is 3.75. The molecule has 1 aliphatic rings. The Kier molecular flexibility index (Phi) is 8.96. The van der Waals surface area contributed by atoms with Gasteiger partial charge in [0.25, 0.3) is 0 Å². The summed E-state index contributed by atoms with van der Waals surface area (Å²) in [7, 11) is 0. The van der Waals surface area contributed by atoms with Gasteiger partial charge < -0.3 is 20.9 Å². The lowest BCUT2D eigenvalue weighted by Gasteiger charge is -2.33. The molecule has 1 heterocycles. The number of primary amides is 1. The van der Waals surface area contributed by atoms with E-state index in [4.69, 9.17) is 5.73 Å². The average molecular weight is 403 g/mol. The molecule has 3 N–H and O–H groups in total. The summed E-state index contributed by atoms with van der Waals surface area (Å²) in [5.41, 5.74) is 7.09. The zero-order valence-electron chi connectivity index (χ0n) is 17.7. The molecule has 0 unspecified atom stereocenters. The van der Waals surface area contributed by atoms with E-state index in [1.54, 1.807) is 0 Å². The van der Waals surface area contributed by atoms with Gasteiger partial charge in [-0.3, -0.25) is 14.4 Å². The van der Waals surface area contributed by atoms with Gasteiger partial charge in [0.1, 0.15) is 0 Å². The van der Waals surface area contributed by atoms with E-state index in [9.17, 15) is 14.4 Å². The number of benzene rings is 1. The summed E-state index contributed by atoms with van der Waals surface area (Å²) in [6.45, 7) is 7.01. The van der Waals surface area contributed by atoms with Crippen molar-refractivity contribution < 1.29 is 14.4 Å². The Bertz CT molecular complexity index is 693. The Balaban J connectivity index is 1.92. The first kappa shape index (κ1) is 22.7. The molecular formula is C22H34N4O3. The van der Waals surface area contributed by atoms with Crippen molar-refractivity contribution in [1.82, 2.24) is 4.90 Å². The number of hydrogen-bond donors (Lipinski definition) is 2. The van der Waals surface area contributed by atoms with Crippen LogP contribution in [-0.2, 0) is 14.4 Å². The lowest BCUT2D eigenvalue weighted by Crippen LogP contribution is -2.39.